The fourth-order valence-electron chi connectivity index (χ4n) is 2.94. The molecule has 2 rings (SSSR count). The molecule has 2 aliphatic heterocycles. The van der Waals surface area contributed by atoms with Gasteiger partial charge in [0.15, 0.2) is 0 Å². The van der Waals surface area contributed by atoms with Crippen molar-refractivity contribution < 1.29 is 9.90 Å². The maximum atomic E-state index is 11.0. The number of hydrogen-bond donors (Lipinski definition) is 2. The Labute approximate surface area is 103 Å². The van der Waals surface area contributed by atoms with Crippen LogP contribution in [0.3, 0.4) is 0 Å². The van der Waals surface area contributed by atoms with Crippen LogP contribution >= 0.6 is 0 Å². The van der Waals surface area contributed by atoms with Crippen molar-refractivity contribution in [3.05, 3.63) is 0 Å². The minimum absolute atomic E-state index is 0.615. The molecule has 4 heteroatoms. The summed E-state index contributed by atoms with van der Waals surface area (Å²) in [7, 11) is 0. The van der Waals surface area contributed by atoms with Gasteiger partial charge < -0.3 is 15.3 Å². The first-order valence-electron chi connectivity index (χ1n) is 6.65. The minimum atomic E-state index is -0.694. The molecule has 2 N–H and O–H groups in total. The third kappa shape index (κ3) is 2.99. The summed E-state index contributed by atoms with van der Waals surface area (Å²) in [4.78, 5) is 13.3. The van der Waals surface area contributed by atoms with E-state index >= 15 is 0 Å². The first-order chi connectivity index (χ1) is 7.99. The van der Waals surface area contributed by atoms with Gasteiger partial charge in [-0.15, -0.1) is 0 Å². The molecule has 0 aromatic heterocycles. The Balaban J connectivity index is 1.73. The summed E-state index contributed by atoms with van der Waals surface area (Å²) in [6.07, 6.45) is 2.63. The molecule has 0 radical (unpaired) electrons. The van der Waals surface area contributed by atoms with E-state index in [9.17, 15) is 4.79 Å². The molecular formula is C13H24N2O2. The van der Waals surface area contributed by atoms with Crippen LogP contribution in [-0.2, 0) is 4.79 Å². The lowest BCUT2D eigenvalue weighted by molar-refractivity contribution is -0.149. The molecule has 2 saturated heterocycles. The molecule has 2 heterocycles. The molecular weight excluding hydrogens is 216 g/mol. The van der Waals surface area contributed by atoms with Gasteiger partial charge in [0, 0.05) is 19.6 Å². The van der Waals surface area contributed by atoms with Gasteiger partial charge in [-0.1, -0.05) is 0 Å². The molecule has 4 nitrogen and oxygen atoms in total. The number of likely N-dealkylation sites (tertiary alicyclic amines) is 1. The van der Waals surface area contributed by atoms with Crippen molar-refractivity contribution in [2.75, 3.05) is 32.7 Å². The zero-order chi connectivity index (χ0) is 12.5. The smallest absolute Gasteiger partial charge is 0.310 e. The maximum absolute atomic E-state index is 11.0. The van der Waals surface area contributed by atoms with Crippen molar-refractivity contribution in [1.29, 1.82) is 0 Å². The highest BCUT2D eigenvalue weighted by molar-refractivity contribution is 5.73. The van der Waals surface area contributed by atoms with Gasteiger partial charge in [0.25, 0.3) is 0 Å². The van der Waals surface area contributed by atoms with Gasteiger partial charge in [-0.3, -0.25) is 4.79 Å². The first kappa shape index (κ1) is 12.8. The topological polar surface area (TPSA) is 52.6 Å². The van der Waals surface area contributed by atoms with Gasteiger partial charge in [-0.2, -0.15) is 0 Å². The van der Waals surface area contributed by atoms with Gasteiger partial charge in [-0.25, -0.2) is 0 Å². The molecule has 0 aromatic carbocycles. The average Bonchev–Trinajstić information content (AvgIpc) is 2.24. The predicted molar refractivity (Wildman–Crippen MR) is 66.9 cm³/mol. The fraction of sp³-hybridized carbons (Fsp3) is 0.923. The summed E-state index contributed by atoms with van der Waals surface area (Å²) < 4.78 is 0. The number of nitrogens with one attached hydrogen (secondary N) is 1. The van der Waals surface area contributed by atoms with Crippen molar-refractivity contribution in [2.24, 2.45) is 17.3 Å². The van der Waals surface area contributed by atoms with Crippen molar-refractivity contribution in [3.63, 3.8) is 0 Å². The van der Waals surface area contributed by atoms with E-state index in [0.29, 0.717) is 6.54 Å². The van der Waals surface area contributed by atoms with Gasteiger partial charge >= 0.3 is 5.97 Å². The highest BCUT2D eigenvalue weighted by Crippen LogP contribution is 2.31. The molecule has 0 bridgehead atoms. The molecule has 17 heavy (non-hydrogen) atoms. The van der Waals surface area contributed by atoms with Crippen LogP contribution < -0.4 is 5.32 Å². The third-order valence-electron chi connectivity index (χ3n) is 4.18. The highest BCUT2D eigenvalue weighted by Gasteiger charge is 2.38. The third-order valence-corrected chi connectivity index (χ3v) is 4.18. The Morgan fingerprint density at radius 1 is 1.41 bits per heavy atom. The predicted octanol–water partition coefficient (Wildman–Crippen LogP) is 1.03. The number of aliphatic carboxylic acids is 1. The standard InChI is InChI=1S/C13H24N2O2/c1-13(2,12(16)17)9-15-7-11(8-15)10-4-3-5-14-6-10/h10-11,14H,3-9H2,1-2H3,(H,16,17)/t10-/m0/s1. The number of carbonyl (C=O) groups is 1. The van der Waals surface area contributed by atoms with Crippen LogP contribution in [0.1, 0.15) is 26.7 Å². The zero-order valence-corrected chi connectivity index (χ0v) is 10.9. The minimum Gasteiger partial charge on any atom is -0.481 e. The molecule has 0 aromatic rings. The molecule has 0 spiro atoms. The van der Waals surface area contributed by atoms with E-state index in [-0.39, 0.29) is 0 Å². The largest absolute Gasteiger partial charge is 0.481 e. The van der Waals surface area contributed by atoms with E-state index in [0.717, 1.165) is 31.5 Å². The summed E-state index contributed by atoms with van der Waals surface area (Å²) >= 11 is 0. The van der Waals surface area contributed by atoms with E-state index in [1.807, 2.05) is 13.8 Å². The Bertz CT molecular complexity index is 279. The molecule has 2 aliphatic rings. The van der Waals surface area contributed by atoms with Crippen LogP contribution in [0.4, 0.5) is 0 Å². The van der Waals surface area contributed by atoms with Gasteiger partial charge in [0.05, 0.1) is 5.41 Å². The SMILES string of the molecule is CC(C)(CN1CC([C@H]2CCCNC2)C1)C(=O)O. The zero-order valence-electron chi connectivity index (χ0n) is 10.9. The van der Waals surface area contributed by atoms with Crippen LogP contribution in [0, 0.1) is 17.3 Å². The monoisotopic (exact) mass is 240 g/mol. The second kappa shape index (κ2) is 4.94. The van der Waals surface area contributed by atoms with Gasteiger partial charge in [-0.05, 0) is 51.6 Å². The van der Waals surface area contributed by atoms with Crippen molar-refractivity contribution in [3.8, 4) is 0 Å². The van der Waals surface area contributed by atoms with E-state index in [2.05, 4.69) is 10.2 Å². The summed E-state index contributed by atoms with van der Waals surface area (Å²) in [5, 5.41) is 12.5. The fourth-order valence-corrected chi connectivity index (χ4v) is 2.94. The number of hydrogen-bond acceptors (Lipinski definition) is 3. The molecule has 0 aliphatic carbocycles. The number of rotatable bonds is 4. The molecule has 98 valence electrons. The van der Waals surface area contributed by atoms with E-state index in [4.69, 9.17) is 5.11 Å². The average molecular weight is 240 g/mol. The van der Waals surface area contributed by atoms with Crippen molar-refractivity contribution in [2.45, 2.75) is 26.7 Å². The highest BCUT2D eigenvalue weighted by atomic mass is 16.4. The summed E-state index contributed by atoms with van der Waals surface area (Å²) in [6.45, 7) is 8.79. The molecule has 0 saturated carbocycles. The Kier molecular flexibility index (Phi) is 3.73. The number of nitrogens with zero attached hydrogens (tertiary/aromatic N) is 1. The Morgan fingerprint density at radius 3 is 2.65 bits per heavy atom. The van der Waals surface area contributed by atoms with E-state index < -0.39 is 11.4 Å². The summed E-state index contributed by atoms with van der Waals surface area (Å²) in [5.74, 6) is 0.903. The van der Waals surface area contributed by atoms with Crippen LogP contribution in [0.15, 0.2) is 0 Å². The van der Waals surface area contributed by atoms with E-state index in [1.54, 1.807) is 0 Å². The molecule has 0 amide bonds. The maximum Gasteiger partial charge on any atom is 0.310 e. The van der Waals surface area contributed by atoms with Crippen molar-refractivity contribution >= 4 is 5.97 Å². The van der Waals surface area contributed by atoms with Crippen LogP contribution in [0.2, 0.25) is 0 Å². The number of carboxylic acids is 1. The first-order valence-corrected chi connectivity index (χ1v) is 6.65. The van der Waals surface area contributed by atoms with Crippen molar-refractivity contribution in [1.82, 2.24) is 10.2 Å². The number of piperidine rings is 1. The number of carboxylic acid groups (broad SMARTS) is 1. The Morgan fingerprint density at radius 2 is 2.12 bits per heavy atom. The molecule has 0 unspecified atom stereocenters. The second-order valence-corrected chi connectivity index (χ2v) is 6.25. The van der Waals surface area contributed by atoms with Crippen LogP contribution in [0.25, 0.3) is 0 Å². The lowest BCUT2D eigenvalue weighted by atomic mass is 9.80. The molecule has 1 atom stereocenters. The second-order valence-electron chi connectivity index (χ2n) is 6.25. The quantitative estimate of drug-likeness (QED) is 0.770. The molecule has 2 fully saturated rings. The normalized spacial score (nSPS) is 27.8. The Hall–Kier alpha value is -0.610. The van der Waals surface area contributed by atoms with Crippen LogP contribution in [-0.4, -0.2) is 48.7 Å². The van der Waals surface area contributed by atoms with Gasteiger partial charge in [0.2, 0.25) is 0 Å². The lowest BCUT2D eigenvalue weighted by Gasteiger charge is -2.46. The summed E-state index contributed by atoms with van der Waals surface area (Å²) in [6, 6.07) is 0. The van der Waals surface area contributed by atoms with Gasteiger partial charge in [0.1, 0.15) is 0 Å². The van der Waals surface area contributed by atoms with Crippen LogP contribution in [0.5, 0.6) is 0 Å². The summed E-state index contributed by atoms with van der Waals surface area (Å²) in [5.41, 5.74) is -0.615. The van der Waals surface area contributed by atoms with E-state index in [1.165, 1.54) is 19.4 Å². The lowest BCUT2D eigenvalue weighted by Crippen LogP contribution is -2.55.